The van der Waals surface area contributed by atoms with Gasteiger partial charge in [-0.25, -0.2) is 0 Å². The quantitative estimate of drug-likeness (QED) is 0.415. The zero-order chi connectivity index (χ0) is 14.3. The van der Waals surface area contributed by atoms with Crippen molar-refractivity contribution in [3.8, 4) is 0 Å². The Bertz CT molecular complexity index is 190. The van der Waals surface area contributed by atoms with Crippen LogP contribution in [0.15, 0.2) is 0 Å². The van der Waals surface area contributed by atoms with Gasteiger partial charge in [0.05, 0.1) is 6.61 Å². The fourth-order valence-electron chi connectivity index (χ4n) is 2.99. The van der Waals surface area contributed by atoms with E-state index in [9.17, 15) is 0 Å². The lowest BCUT2D eigenvalue weighted by molar-refractivity contribution is 0.108. The zero-order valence-corrected chi connectivity index (χ0v) is 13.9. The maximum Gasteiger partial charge on any atom is 0.0593 e. The summed E-state index contributed by atoms with van der Waals surface area (Å²) in [6, 6.07) is 0. The minimum atomic E-state index is 0.942. The van der Waals surface area contributed by atoms with E-state index in [4.69, 9.17) is 4.74 Å². The average molecular weight is 284 g/mol. The second kappa shape index (κ2) is 13.9. The van der Waals surface area contributed by atoms with Crippen LogP contribution in [-0.2, 0) is 4.74 Å². The van der Waals surface area contributed by atoms with Crippen LogP contribution < -0.4 is 0 Å². The highest BCUT2D eigenvalue weighted by atomic mass is 16.5. The molecule has 0 aromatic rings. The van der Waals surface area contributed by atoms with E-state index in [-0.39, 0.29) is 0 Å². The molecular weight excluding hydrogens is 246 g/mol. The Labute approximate surface area is 127 Å². The lowest BCUT2D eigenvalue weighted by Crippen LogP contribution is -2.24. The van der Waals surface area contributed by atoms with Gasteiger partial charge in [0.1, 0.15) is 0 Å². The molecule has 2 nitrogen and oxygen atoms in total. The van der Waals surface area contributed by atoms with E-state index in [0.29, 0.717) is 0 Å². The summed E-state index contributed by atoms with van der Waals surface area (Å²) < 4.78 is 5.73. The van der Waals surface area contributed by atoms with Gasteiger partial charge in [0.15, 0.2) is 0 Å². The Hall–Kier alpha value is -0.0800. The summed E-state index contributed by atoms with van der Waals surface area (Å²) in [6.07, 6.45) is 16.8. The van der Waals surface area contributed by atoms with Crippen LogP contribution in [0.1, 0.15) is 84.0 Å². The highest BCUT2D eigenvalue weighted by Crippen LogP contribution is 2.10. The largest absolute Gasteiger partial charge is 0.380 e. The van der Waals surface area contributed by atoms with Gasteiger partial charge in [0.2, 0.25) is 0 Å². The standard InChI is InChI=1S/C18H37NO/c1-2-3-4-5-6-7-8-9-10-13-17-20-18-16-19-14-11-12-15-19/h2-18H2,1H3. The molecule has 1 fully saturated rings. The van der Waals surface area contributed by atoms with Gasteiger partial charge < -0.3 is 9.64 Å². The van der Waals surface area contributed by atoms with Crippen LogP contribution >= 0.6 is 0 Å². The van der Waals surface area contributed by atoms with Crippen molar-refractivity contribution in [1.29, 1.82) is 0 Å². The van der Waals surface area contributed by atoms with Gasteiger partial charge in [-0.05, 0) is 32.4 Å². The van der Waals surface area contributed by atoms with Gasteiger partial charge in [-0.2, -0.15) is 0 Å². The molecule has 0 N–H and O–H groups in total. The van der Waals surface area contributed by atoms with Crippen molar-refractivity contribution < 1.29 is 4.74 Å². The third kappa shape index (κ3) is 10.7. The Morgan fingerprint density at radius 2 is 1.25 bits per heavy atom. The van der Waals surface area contributed by atoms with Gasteiger partial charge in [-0.1, -0.05) is 64.7 Å². The molecule has 0 spiro atoms. The maximum absolute atomic E-state index is 5.73. The van der Waals surface area contributed by atoms with Crippen molar-refractivity contribution in [3.05, 3.63) is 0 Å². The van der Waals surface area contributed by atoms with E-state index in [2.05, 4.69) is 11.8 Å². The van der Waals surface area contributed by atoms with Crippen LogP contribution in [0.4, 0.5) is 0 Å². The molecule has 0 aliphatic carbocycles. The average Bonchev–Trinajstić information content (AvgIpc) is 2.97. The highest BCUT2D eigenvalue weighted by Gasteiger charge is 2.09. The minimum Gasteiger partial charge on any atom is -0.380 e. The van der Waals surface area contributed by atoms with Crippen molar-refractivity contribution in [2.75, 3.05) is 32.8 Å². The number of hydrogen-bond acceptors (Lipinski definition) is 2. The third-order valence-corrected chi connectivity index (χ3v) is 4.39. The topological polar surface area (TPSA) is 12.5 Å². The van der Waals surface area contributed by atoms with Crippen molar-refractivity contribution in [2.45, 2.75) is 84.0 Å². The van der Waals surface area contributed by atoms with Crippen molar-refractivity contribution >= 4 is 0 Å². The summed E-state index contributed by atoms with van der Waals surface area (Å²) in [6.45, 7) is 7.94. The molecule has 0 aromatic carbocycles. The first kappa shape index (κ1) is 18.0. The lowest BCUT2D eigenvalue weighted by Gasteiger charge is -2.14. The van der Waals surface area contributed by atoms with Crippen LogP contribution in [0, 0.1) is 0 Å². The van der Waals surface area contributed by atoms with Crippen LogP contribution in [0.2, 0.25) is 0 Å². The second-order valence-corrected chi connectivity index (χ2v) is 6.34. The maximum atomic E-state index is 5.73. The molecule has 0 amide bonds. The summed E-state index contributed by atoms with van der Waals surface area (Å²) in [5.74, 6) is 0. The Morgan fingerprint density at radius 1 is 0.700 bits per heavy atom. The van der Waals surface area contributed by atoms with Gasteiger partial charge in [-0.3, -0.25) is 0 Å². The zero-order valence-electron chi connectivity index (χ0n) is 13.9. The van der Waals surface area contributed by atoms with Gasteiger partial charge in [-0.15, -0.1) is 0 Å². The van der Waals surface area contributed by atoms with Crippen LogP contribution in [-0.4, -0.2) is 37.7 Å². The van der Waals surface area contributed by atoms with E-state index >= 15 is 0 Å². The first-order valence-electron chi connectivity index (χ1n) is 9.23. The number of ether oxygens (including phenoxy) is 1. The molecule has 0 saturated carbocycles. The Morgan fingerprint density at radius 3 is 1.85 bits per heavy atom. The smallest absolute Gasteiger partial charge is 0.0593 e. The van der Waals surface area contributed by atoms with E-state index in [1.165, 1.54) is 90.1 Å². The molecule has 1 saturated heterocycles. The van der Waals surface area contributed by atoms with Crippen LogP contribution in [0.25, 0.3) is 0 Å². The summed E-state index contributed by atoms with van der Waals surface area (Å²) in [4.78, 5) is 2.53. The Kier molecular flexibility index (Phi) is 12.5. The van der Waals surface area contributed by atoms with Gasteiger partial charge in [0, 0.05) is 13.2 Å². The molecule has 1 aliphatic heterocycles. The number of nitrogens with zero attached hydrogens (tertiary/aromatic N) is 1. The van der Waals surface area contributed by atoms with E-state index in [1.54, 1.807) is 0 Å². The molecule has 0 unspecified atom stereocenters. The first-order chi connectivity index (χ1) is 9.93. The van der Waals surface area contributed by atoms with Crippen LogP contribution in [0.3, 0.4) is 0 Å². The predicted molar refractivity (Wildman–Crippen MR) is 88.3 cm³/mol. The fourth-order valence-corrected chi connectivity index (χ4v) is 2.99. The number of rotatable bonds is 14. The summed E-state index contributed by atoms with van der Waals surface area (Å²) in [5, 5.41) is 0. The predicted octanol–water partition coefficient (Wildman–Crippen LogP) is 5.02. The Balaban J connectivity index is 1.66. The normalized spacial score (nSPS) is 16.1. The van der Waals surface area contributed by atoms with Crippen LogP contribution in [0.5, 0.6) is 0 Å². The molecule has 0 radical (unpaired) electrons. The van der Waals surface area contributed by atoms with E-state index in [1.807, 2.05) is 0 Å². The molecule has 2 heteroatoms. The van der Waals surface area contributed by atoms with Gasteiger partial charge in [0.25, 0.3) is 0 Å². The number of unbranched alkanes of at least 4 members (excludes halogenated alkanes) is 9. The third-order valence-electron chi connectivity index (χ3n) is 4.39. The molecule has 1 heterocycles. The van der Waals surface area contributed by atoms with Crippen molar-refractivity contribution in [2.24, 2.45) is 0 Å². The lowest BCUT2D eigenvalue weighted by atomic mass is 10.1. The summed E-state index contributed by atoms with van der Waals surface area (Å²) in [5.41, 5.74) is 0. The van der Waals surface area contributed by atoms with Crippen molar-refractivity contribution in [3.63, 3.8) is 0 Å². The summed E-state index contributed by atoms with van der Waals surface area (Å²) >= 11 is 0. The second-order valence-electron chi connectivity index (χ2n) is 6.34. The molecule has 0 aromatic heterocycles. The molecule has 0 bridgehead atoms. The molecule has 0 atom stereocenters. The highest BCUT2D eigenvalue weighted by molar-refractivity contribution is 4.65. The molecule has 1 rings (SSSR count). The number of hydrogen-bond donors (Lipinski definition) is 0. The first-order valence-corrected chi connectivity index (χ1v) is 9.23. The minimum absolute atomic E-state index is 0.942. The SMILES string of the molecule is CCCCCCCCCCCCOCCN1CCCC1. The van der Waals surface area contributed by atoms with Crippen molar-refractivity contribution in [1.82, 2.24) is 4.90 Å². The molecule has 1 aliphatic rings. The number of likely N-dealkylation sites (tertiary alicyclic amines) is 1. The van der Waals surface area contributed by atoms with E-state index in [0.717, 1.165) is 19.8 Å². The molecule has 120 valence electrons. The fraction of sp³-hybridized carbons (Fsp3) is 1.00. The molecule has 20 heavy (non-hydrogen) atoms. The summed E-state index contributed by atoms with van der Waals surface area (Å²) in [7, 11) is 0. The monoisotopic (exact) mass is 283 g/mol. The van der Waals surface area contributed by atoms with E-state index < -0.39 is 0 Å². The molecular formula is C18H37NO. The van der Waals surface area contributed by atoms with Gasteiger partial charge >= 0.3 is 0 Å².